The zero-order valence-electron chi connectivity index (χ0n) is 10.3. The predicted octanol–water partition coefficient (Wildman–Crippen LogP) is 1.77. The van der Waals surface area contributed by atoms with Crippen LogP contribution in [0.25, 0.3) is 0 Å². The molecular weight excluding hydrogens is 242 g/mol. The molecule has 0 fully saturated rings. The van der Waals surface area contributed by atoms with Crippen molar-refractivity contribution >= 4 is 23.2 Å². The van der Waals surface area contributed by atoms with Crippen molar-refractivity contribution in [2.75, 3.05) is 10.6 Å². The molecule has 0 bridgehead atoms. The molecule has 2 amide bonds. The molecule has 94 valence electrons. The van der Waals surface area contributed by atoms with Crippen molar-refractivity contribution in [1.29, 1.82) is 0 Å². The van der Waals surface area contributed by atoms with E-state index in [1.54, 1.807) is 43.6 Å². The van der Waals surface area contributed by atoms with E-state index >= 15 is 0 Å². The number of amides is 2. The van der Waals surface area contributed by atoms with Gasteiger partial charge in [0.05, 0.1) is 16.8 Å². The van der Waals surface area contributed by atoms with Crippen LogP contribution in [0.1, 0.15) is 26.3 Å². The third-order valence-electron chi connectivity index (χ3n) is 3.18. The molecule has 0 saturated heterocycles. The summed E-state index contributed by atoms with van der Waals surface area (Å²) in [5.41, 5.74) is 8.05. The van der Waals surface area contributed by atoms with Crippen molar-refractivity contribution in [2.45, 2.75) is 6.92 Å². The number of rotatable bonds is 1. The Hall–Kier alpha value is -2.69. The van der Waals surface area contributed by atoms with Gasteiger partial charge in [-0.3, -0.25) is 14.6 Å². The zero-order valence-corrected chi connectivity index (χ0v) is 10.3. The monoisotopic (exact) mass is 253 g/mol. The first-order valence-corrected chi connectivity index (χ1v) is 5.79. The fourth-order valence-electron chi connectivity index (χ4n) is 2.25. The maximum atomic E-state index is 12.4. The quantitative estimate of drug-likeness (QED) is 0.620. The van der Waals surface area contributed by atoms with Crippen LogP contribution in [0.2, 0.25) is 0 Å². The van der Waals surface area contributed by atoms with Gasteiger partial charge in [-0.05, 0) is 30.7 Å². The van der Waals surface area contributed by atoms with E-state index in [4.69, 9.17) is 5.73 Å². The first kappa shape index (κ1) is 11.4. The molecule has 0 saturated carbocycles. The first-order chi connectivity index (χ1) is 9.11. The van der Waals surface area contributed by atoms with Gasteiger partial charge in [-0.15, -0.1) is 0 Å². The van der Waals surface area contributed by atoms with Crippen molar-refractivity contribution in [3.05, 3.63) is 53.3 Å². The van der Waals surface area contributed by atoms with E-state index in [9.17, 15) is 9.59 Å². The lowest BCUT2D eigenvalue weighted by molar-refractivity contribution is 0.0926. The van der Waals surface area contributed by atoms with Gasteiger partial charge >= 0.3 is 0 Å². The Morgan fingerprint density at radius 1 is 1.16 bits per heavy atom. The van der Waals surface area contributed by atoms with Crippen molar-refractivity contribution in [3.8, 4) is 0 Å². The maximum Gasteiger partial charge on any atom is 0.268 e. The van der Waals surface area contributed by atoms with Crippen LogP contribution < -0.4 is 10.6 Å². The maximum absolute atomic E-state index is 12.4. The Labute approximate surface area is 109 Å². The standard InChI is InChI=1S/C14H11N3O2/c1-8-7-16-6-5-11(8)17-13(18)9-3-2-4-10(15)12(9)14(17)19/h2-7H,15H2,1H3. The summed E-state index contributed by atoms with van der Waals surface area (Å²) in [6.07, 6.45) is 3.16. The highest BCUT2D eigenvalue weighted by molar-refractivity contribution is 6.36. The molecular formula is C14H11N3O2. The summed E-state index contributed by atoms with van der Waals surface area (Å²) in [6.45, 7) is 1.80. The number of hydrogen-bond acceptors (Lipinski definition) is 4. The Balaban J connectivity index is 2.19. The van der Waals surface area contributed by atoms with E-state index in [1.807, 2.05) is 0 Å². The average molecular weight is 253 g/mol. The lowest BCUT2D eigenvalue weighted by Gasteiger charge is -2.15. The molecule has 1 aromatic carbocycles. The second-order valence-corrected chi connectivity index (χ2v) is 4.38. The number of nitrogen functional groups attached to an aromatic ring is 1. The lowest BCUT2D eigenvalue weighted by atomic mass is 10.1. The molecule has 0 unspecified atom stereocenters. The third kappa shape index (κ3) is 1.52. The number of pyridine rings is 1. The Morgan fingerprint density at radius 2 is 1.95 bits per heavy atom. The molecule has 0 atom stereocenters. The summed E-state index contributed by atoms with van der Waals surface area (Å²) in [5, 5.41) is 0. The molecule has 3 rings (SSSR count). The van der Waals surface area contributed by atoms with Crippen molar-refractivity contribution in [1.82, 2.24) is 4.98 Å². The Kier molecular flexibility index (Phi) is 2.35. The Morgan fingerprint density at radius 3 is 2.63 bits per heavy atom. The minimum Gasteiger partial charge on any atom is -0.398 e. The van der Waals surface area contributed by atoms with Gasteiger partial charge < -0.3 is 5.73 Å². The number of aromatic nitrogens is 1. The van der Waals surface area contributed by atoms with Crippen molar-refractivity contribution in [3.63, 3.8) is 0 Å². The number of hydrogen-bond donors (Lipinski definition) is 1. The van der Waals surface area contributed by atoms with Crippen LogP contribution in [0.15, 0.2) is 36.7 Å². The number of nitrogens with two attached hydrogens (primary N) is 1. The number of fused-ring (bicyclic) bond motifs is 1. The molecule has 1 aromatic heterocycles. The summed E-state index contributed by atoms with van der Waals surface area (Å²) < 4.78 is 0. The second-order valence-electron chi connectivity index (χ2n) is 4.38. The van der Waals surface area contributed by atoms with Crippen LogP contribution in [-0.4, -0.2) is 16.8 Å². The van der Waals surface area contributed by atoms with Crippen LogP contribution in [0.3, 0.4) is 0 Å². The number of carbonyl (C=O) groups excluding carboxylic acids is 2. The van der Waals surface area contributed by atoms with Gasteiger partial charge in [-0.2, -0.15) is 0 Å². The molecule has 0 aliphatic carbocycles. The highest BCUT2D eigenvalue weighted by atomic mass is 16.2. The summed E-state index contributed by atoms with van der Waals surface area (Å²) in [7, 11) is 0. The fourth-order valence-corrected chi connectivity index (χ4v) is 2.25. The smallest absolute Gasteiger partial charge is 0.268 e. The first-order valence-electron chi connectivity index (χ1n) is 5.79. The lowest BCUT2D eigenvalue weighted by Crippen LogP contribution is -2.30. The molecule has 2 aromatic rings. The van der Waals surface area contributed by atoms with E-state index in [2.05, 4.69) is 4.98 Å². The normalized spacial score (nSPS) is 13.8. The molecule has 5 nitrogen and oxygen atoms in total. The molecule has 1 aliphatic heterocycles. The minimum atomic E-state index is -0.382. The summed E-state index contributed by atoms with van der Waals surface area (Å²) >= 11 is 0. The molecule has 0 spiro atoms. The third-order valence-corrected chi connectivity index (χ3v) is 3.18. The van der Waals surface area contributed by atoms with E-state index in [0.29, 0.717) is 16.9 Å². The van der Waals surface area contributed by atoms with Crippen LogP contribution in [0, 0.1) is 6.92 Å². The number of aryl methyl sites for hydroxylation is 1. The van der Waals surface area contributed by atoms with E-state index in [0.717, 1.165) is 10.5 Å². The van der Waals surface area contributed by atoms with E-state index in [-0.39, 0.29) is 17.4 Å². The average Bonchev–Trinajstić information content (AvgIpc) is 2.64. The van der Waals surface area contributed by atoms with Gasteiger partial charge in [-0.1, -0.05) is 6.07 Å². The molecule has 5 heteroatoms. The number of nitrogens with zero attached hydrogens (tertiary/aromatic N) is 2. The summed E-state index contributed by atoms with van der Waals surface area (Å²) in [6, 6.07) is 6.55. The van der Waals surface area contributed by atoms with Gasteiger partial charge in [0.25, 0.3) is 11.8 Å². The number of carbonyl (C=O) groups is 2. The van der Waals surface area contributed by atoms with Crippen LogP contribution >= 0.6 is 0 Å². The highest BCUT2D eigenvalue weighted by Crippen LogP contribution is 2.32. The summed E-state index contributed by atoms with van der Waals surface area (Å²) in [5.74, 6) is -0.728. The molecule has 2 N–H and O–H groups in total. The van der Waals surface area contributed by atoms with E-state index < -0.39 is 0 Å². The number of benzene rings is 1. The van der Waals surface area contributed by atoms with Crippen molar-refractivity contribution < 1.29 is 9.59 Å². The second kappa shape index (κ2) is 3.91. The van der Waals surface area contributed by atoms with Crippen LogP contribution in [0.4, 0.5) is 11.4 Å². The number of anilines is 2. The largest absolute Gasteiger partial charge is 0.398 e. The molecule has 0 radical (unpaired) electrons. The number of imide groups is 1. The predicted molar refractivity (Wildman–Crippen MR) is 71.0 cm³/mol. The molecule has 2 heterocycles. The van der Waals surface area contributed by atoms with Gasteiger partial charge in [0.1, 0.15) is 0 Å². The summed E-state index contributed by atoms with van der Waals surface area (Å²) in [4.78, 5) is 29.8. The van der Waals surface area contributed by atoms with Gasteiger partial charge in [-0.25, -0.2) is 4.90 Å². The SMILES string of the molecule is Cc1cnccc1N1C(=O)c2cccc(N)c2C1=O. The fraction of sp³-hybridized carbons (Fsp3) is 0.0714. The van der Waals surface area contributed by atoms with Gasteiger partial charge in [0.2, 0.25) is 0 Å². The zero-order chi connectivity index (χ0) is 13.6. The topological polar surface area (TPSA) is 76.3 Å². The van der Waals surface area contributed by atoms with Gasteiger partial charge in [0, 0.05) is 18.1 Å². The van der Waals surface area contributed by atoms with Crippen LogP contribution in [-0.2, 0) is 0 Å². The molecule has 19 heavy (non-hydrogen) atoms. The van der Waals surface area contributed by atoms with Crippen molar-refractivity contribution in [2.24, 2.45) is 0 Å². The molecule has 1 aliphatic rings. The minimum absolute atomic E-state index is 0.281. The van der Waals surface area contributed by atoms with Gasteiger partial charge in [0.15, 0.2) is 0 Å². The van der Waals surface area contributed by atoms with E-state index in [1.165, 1.54) is 0 Å². The Bertz CT molecular complexity index is 710. The highest BCUT2D eigenvalue weighted by Gasteiger charge is 2.38. The van der Waals surface area contributed by atoms with Crippen LogP contribution in [0.5, 0.6) is 0 Å².